The van der Waals surface area contributed by atoms with E-state index < -0.39 is 16.2 Å². The Labute approximate surface area is 100 Å². The fourth-order valence-electron chi connectivity index (χ4n) is 1.12. The summed E-state index contributed by atoms with van der Waals surface area (Å²) in [6, 6.07) is 6.11. The molecule has 0 saturated heterocycles. The average Bonchev–Trinajstić information content (AvgIpc) is 2.26. The molecule has 0 spiro atoms. The molecule has 1 rings (SSSR count). The molecule has 0 amide bonds. The summed E-state index contributed by atoms with van der Waals surface area (Å²) >= 11 is 0. The van der Waals surface area contributed by atoms with Gasteiger partial charge in [0.1, 0.15) is 0 Å². The molecule has 1 aromatic carbocycles. The van der Waals surface area contributed by atoms with Crippen LogP contribution in [0.4, 0.5) is 0 Å². The van der Waals surface area contributed by atoms with Gasteiger partial charge in [-0.1, -0.05) is 12.1 Å². The lowest BCUT2D eigenvalue weighted by Gasteiger charge is -2.12. The number of carboxylic acid groups (broad SMARTS) is 1. The Hall–Kier alpha value is -1.44. The molecule has 1 aromatic rings. The van der Waals surface area contributed by atoms with Crippen LogP contribution in [0.1, 0.15) is 15.9 Å². The van der Waals surface area contributed by atoms with E-state index in [1.54, 1.807) is 12.1 Å². The van der Waals surface area contributed by atoms with E-state index in [1.807, 2.05) is 0 Å². The van der Waals surface area contributed by atoms with Gasteiger partial charge >= 0.3 is 5.97 Å². The molecule has 0 saturated carbocycles. The van der Waals surface area contributed by atoms with Crippen LogP contribution >= 0.6 is 0 Å². The number of nitrogens with one attached hydrogen (secondary N) is 1. The summed E-state index contributed by atoms with van der Waals surface area (Å²) in [6.45, 7) is 0.0572. The molecule has 94 valence electrons. The van der Waals surface area contributed by atoms with Crippen LogP contribution in [0.3, 0.4) is 0 Å². The smallest absolute Gasteiger partial charge is 0.335 e. The highest BCUT2D eigenvalue weighted by atomic mass is 32.2. The normalized spacial score (nSPS) is 11.7. The van der Waals surface area contributed by atoms with Gasteiger partial charge in [-0.25, -0.2) is 4.79 Å². The molecular formula is C10H14N2O4S. The number of benzene rings is 1. The Morgan fingerprint density at radius 2 is 2.06 bits per heavy atom. The van der Waals surface area contributed by atoms with Gasteiger partial charge in [0.2, 0.25) is 0 Å². The van der Waals surface area contributed by atoms with Gasteiger partial charge < -0.3 is 5.11 Å². The van der Waals surface area contributed by atoms with Crippen molar-refractivity contribution in [3.8, 4) is 0 Å². The lowest BCUT2D eigenvalue weighted by Crippen LogP contribution is -2.35. The molecule has 0 bridgehead atoms. The average molecular weight is 258 g/mol. The summed E-state index contributed by atoms with van der Waals surface area (Å²) in [4.78, 5) is 10.7. The molecule has 0 aliphatic rings. The summed E-state index contributed by atoms with van der Waals surface area (Å²) in [7, 11) is -0.668. The van der Waals surface area contributed by atoms with Crippen molar-refractivity contribution in [1.82, 2.24) is 9.03 Å². The Kier molecular flexibility index (Phi) is 4.22. The molecule has 0 aliphatic carbocycles. The Bertz CT molecular complexity index is 511. The van der Waals surface area contributed by atoms with Crippen molar-refractivity contribution in [3.63, 3.8) is 0 Å². The number of aromatic carboxylic acids is 1. The first-order chi connectivity index (χ1) is 7.83. The minimum absolute atomic E-state index is 0.0572. The molecule has 0 radical (unpaired) electrons. The summed E-state index contributed by atoms with van der Waals surface area (Å²) in [5, 5.41) is 8.78. The molecule has 0 aromatic heterocycles. The van der Waals surface area contributed by atoms with E-state index >= 15 is 0 Å². The highest BCUT2D eigenvalue weighted by Crippen LogP contribution is 2.05. The molecule has 0 aliphatic heterocycles. The minimum atomic E-state index is -3.49. The second kappa shape index (κ2) is 5.26. The number of nitrogens with zero attached hydrogens (tertiary/aromatic N) is 1. The van der Waals surface area contributed by atoms with Crippen molar-refractivity contribution in [2.24, 2.45) is 0 Å². The van der Waals surface area contributed by atoms with E-state index in [4.69, 9.17) is 5.11 Å². The van der Waals surface area contributed by atoms with Crippen LogP contribution in [0, 0.1) is 0 Å². The van der Waals surface area contributed by atoms with Gasteiger partial charge in [0.25, 0.3) is 10.2 Å². The molecule has 0 unspecified atom stereocenters. The highest BCUT2D eigenvalue weighted by molar-refractivity contribution is 7.87. The lowest BCUT2D eigenvalue weighted by atomic mass is 10.1. The molecule has 7 heteroatoms. The zero-order valence-electron chi connectivity index (χ0n) is 9.54. The number of hydrogen-bond acceptors (Lipinski definition) is 3. The van der Waals surface area contributed by atoms with Gasteiger partial charge in [-0.2, -0.15) is 17.4 Å². The predicted octanol–water partition coefficient (Wildman–Crippen LogP) is 0.281. The lowest BCUT2D eigenvalue weighted by molar-refractivity contribution is 0.0696. The number of rotatable bonds is 5. The molecule has 0 atom stereocenters. The number of carboxylic acids is 1. The monoisotopic (exact) mass is 258 g/mol. The molecule has 0 fully saturated rings. The highest BCUT2D eigenvalue weighted by Gasteiger charge is 2.12. The summed E-state index contributed by atoms with van der Waals surface area (Å²) in [5.74, 6) is -1.04. The van der Waals surface area contributed by atoms with E-state index in [9.17, 15) is 13.2 Å². The number of carbonyl (C=O) groups is 1. The van der Waals surface area contributed by atoms with Gasteiger partial charge in [0, 0.05) is 20.6 Å². The van der Waals surface area contributed by atoms with E-state index in [0.29, 0.717) is 5.56 Å². The quantitative estimate of drug-likeness (QED) is 0.794. The predicted molar refractivity (Wildman–Crippen MR) is 62.8 cm³/mol. The zero-order chi connectivity index (χ0) is 13.1. The first-order valence-corrected chi connectivity index (χ1v) is 6.26. The Morgan fingerprint density at radius 3 is 2.59 bits per heavy atom. The van der Waals surface area contributed by atoms with Crippen LogP contribution in [0.2, 0.25) is 0 Å². The second-order valence-electron chi connectivity index (χ2n) is 3.61. The van der Waals surface area contributed by atoms with Crippen LogP contribution in [0.5, 0.6) is 0 Å². The minimum Gasteiger partial charge on any atom is -0.478 e. The third-order valence-electron chi connectivity index (χ3n) is 2.11. The Balaban J connectivity index is 2.77. The fourth-order valence-corrected chi connectivity index (χ4v) is 1.73. The van der Waals surface area contributed by atoms with Gasteiger partial charge in [-0.15, -0.1) is 0 Å². The fraction of sp³-hybridized carbons (Fsp3) is 0.300. The molecule has 6 nitrogen and oxygen atoms in total. The SMILES string of the molecule is CN(C)S(=O)(=O)NCc1cccc(C(=O)O)c1. The molecule has 0 heterocycles. The third-order valence-corrected chi connectivity index (χ3v) is 3.58. The zero-order valence-corrected chi connectivity index (χ0v) is 10.4. The van der Waals surface area contributed by atoms with Gasteiger partial charge in [0.15, 0.2) is 0 Å². The van der Waals surface area contributed by atoms with E-state index in [1.165, 1.54) is 26.2 Å². The van der Waals surface area contributed by atoms with Crippen LogP contribution < -0.4 is 4.72 Å². The van der Waals surface area contributed by atoms with Crippen molar-refractivity contribution in [2.75, 3.05) is 14.1 Å². The van der Waals surface area contributed by atoms with Crippen molar-refractivity contribution in [1.29, 1.82) is 0 Å². The van der Waals surface area contributed by atoms with E-state index in [-0.39, 0.29) is 12.1 Å². The largest absolute Gasteiger partial charge is 0.478 e. The summed E-state index contributed by atoms with van der Waals surface area (Å²) < 4.78 is 26.2. The van der Waals surface area contributed by atoms with Gasteiger partial charge in [0.05, 0.1) is 5.56 Å². The topological polar surface area (TPSA) is 86.7 Å². The van der Waals surface area contributed by atoms with Crippen molar-refractivity contribution < 1.29 is 18.3 Å². The third kappa shape index (κ3) is 3.81. The second-order valence-corrected chi connectivity index (χ2v) is 5.58. The summed E-state index contributed by atoms with van der Waals surface area (Å²) in [6.07, 6.45) is 0. The summed E-state index contributed by atoms with van der Waals surface area (Å²) in [5.41, 5.74) is 0.724. The molecule has 17 heavy (non-hydrogen) atoms. The van der Waals surface area contributed by atoms with Crippen LogP contribution in [0.15, 0.2) is 24.3 Å². The molecule has 2 N–H and O–H groups in total. The van der Waals surface area contributed by atoms with E-state index in [0.717, 1.165) is 4.31 Å². The number of hydrogen-bond donors (Lipinski definition) is 2. The maximum absolute atomic E-state index is 11.4. The molecular weight excluding hydrogens is 244 g/mol. The van der Waals surface area contributed by atoms with Crippen molar-refractivity contribution in [3.05, 3.63) is 35.4 Å². The van der Waals surface area contributed by atoms with Crippen LogP contribution in [-0.2, 0) is 16.8 Å². The first-order valence-electron chi connectivity index (χ1n) is 4.82. The Morgan fingerprint density at radius 1 is 1.41 bits per heavy atom. The van der Waals surface area contributed by atoms with Crippen molar-refractivity contribution >= 4 is 16.2 Å². The van der Waals surface area contributed by atoms with Gasteiger partial charge in [-0.05, 0) is 17.7 Å². The maximum Gasteiger partial charge on any atom is 0.335 e. The van der Waals surface area contributed by atoms with Crippen LogP contribution in [0.25, 0.3) is 0 Å². The van der Waals surface area contributed by atoms with Crippen molar-refractivity contribution in [2.45, 2.75) is 6.54 Å². The van der Waals surface area contributed by atoms with E-state index in [2.05, 4.69) is 4.72 Å². The van der Waals surface area contributed by atoms with Gasteiger partial charge in [-0.3, -0.25) is 0 Å². The standard InChI is InChI=1S/C10H14N2O4S/c1-12(2)17(15,16)11-7-8-4-3-5-9(6-8)10(13)14/h3-6,11H,7H2,1-2H3,(H,13,14). The first kappa shape index (κ1) is 13.6. The van der Waals surface area contributed by atoms with Crippen LogP contribution in [-0.4, -0.2) is 37.9 Å². The maximum atomic E-state index is 11.4.